The second-order valence-electron chi connectivity index (χ2n) is 6.28. The van der Waals surface area contributed by atoms with Crippen LogP contribution in [0.5, 0.6) is 5.75 Å². The van der Waals surface area contributed by atoms with Gasteiger partial charge in [0.05, 0.1) is 24.2 Å². The first-order chi connectivity index (χ1) is 11.1. The summed E-state index contributed by atoms with van der Waals surface area (Å²) in [6.07, 6.45) is 3.38. The average molecular weight is 316 g/mol. The fourth-order valence-electron chi connectivity index (χ4n) is 3.20. The van der Waals surface area contributed by atoms with E-state index < -0.39 is 0 Å². The number of nitrogens with zero attached hydrogens (tertiary/aromatic N) is 1. The molecule has 0 bridgehead atoms. The Balaban J connectivity index is 1.97. The highest BCUT2D eigenvalue weighted by molar-refractivity contribution is 5.78. The summed E-state index contributed by atoms with van der Waals surface area (Å²) in [5, 5.41) is 9.59. The van der Waals surface area contributed by atoms with Gasteiger partial charge in [-0.1, -0.05) is 18.6 Å². The van der Waals surface area contributed by atoms with Crippen LogP contribution in [0.2, 0.25) is 0 Å². The molecule has 23 heavy (non-hydrogen) atoms. The molecular formula is C18H24N2O3. The van der Waals surface area contributed by atoms with Gasteiger partial charge < -0.3 is 19.6 Å². The van der Waals surface area contributed by atoms with Crippen LogP contribution in [0.4, 0.5) is 0 Å². The molecule has 0 amide bonds. The van der Waals surface area contributed by atoms with Gasteiger partial charge in [-0.15, -0.1) is 0 Å². The fraction of sp³-hybridized carbons (Fsp3) is 0.500. The Bertz CT molecular complexity index is 716. The van der Waals surface area contributed by atoms with Crippen molar-refractivity contribution in [1.29, 1.82) is 0 Å². The van der Waals surface area contributed by atoms with Crippen LogP contribution in [0.25, 0.3) is 11.0 Å². The summed E-state index contributed by atoms with van der Waals surface area (Å²) < 4.78 is 10.7. The Morgan fingerprint density at radius 2 is 2.17 bits per heavy atom. The molecule has 0 saturated heterocycles. The van der Waals surface area contributed by atoms with Crippen molar-refractivity contribution < 1.29 is 14.6 Å². The molecule has 2 aromatic rings. The van der Waals surface area contributed by atoms with Gasteiger partial charge >= 0.3 is 0 Å². The van der Waals surface area contributed by atoms with Gasteiger partial charge in [-0.25, -0.2) is 4.98 Å². The largest absolute Gasteiger partial charge is 0.491 e. The van der Waals surface area contributed by atoms with Crippen molar-refractivity contribution >= 4 is 11.0 Å². The second-order valence-corrected chi connectivity index (χ2v) is 6.28. The molecule has 0 atom stereocenters. The summed E-state index contributed by atoms with van der Waals surface area (Å²) in [7, 11) is 1.63. The van der Waals surface area contributed by atoms with Crippen molar-refractivity contribution in [1.82, 2.24) is 9.97 Å². The quantitative estimate of drug-likeness (QED) is 0.608. The molecule has 2 N–H and O–H groups in total. The number of methoxy groups -OCH3 is 1. The number of imidazole rings is 1. The first-order valence-corrected chi connectivity index (χ1v) is 8.02. The number of nitrogens with one attached hydrogen (secondary N) is 1. The molecule has 1 aliphatic carbocycles. The van der Waals surface area contributed by atoms with Crippen molar-refractivity contribution in [3.8, 4) is 5.75 Å². The monoisotopic (exact) mass is 316 g/mol. The van der Waals surface area contributed by atoms with E-state index in [9.17, 15) is 5.11 Å². The minimum atomic E-state index is -0.0712. The lowest BCUT2D eigenvalue weighted by molar-refractivity contribution is 0.144. The summed E-state index contributed by atoms with van der Waals surface area (Å²) >= 11 is 0. The molecule has 0 spiro atoms. The number of hydrogen-bond donors (Lipinski definition) is 2. The molecule has 1 saturated carbocycles. The van der Waals surface area contributed by atoms with Gasteiger partial charge in [-0.3, -0.25) is 0 Å². The number of aliphatic hydroxyl groups is 1. The van der Waals surface area contributed by atoms with E-state index >= 15 is 0 Å². The zero-order valence-corrected chi connectivity index (χ0v) is 13.8. The van der Waals surface area contributed by atoms with E-state index in [4.69, 9.17) is 14.5 Å². The first kappa shape index (κ1) is 16.0. The number of aliphatic hydroxyl groups excluding tert-OH is 1. The normalized spacial score (nSPS) is 16.3. The lowest BCUT2D eigenvalue weighted by Crippen LogP contribution is -2.36. The Hall–Kier alpha value is -1.85. The third-order valence-corrected chi connectivity index (χ3v) is 4.86. The summed E-state index contributed by atoms with van der Waals surface area (Å²) in [4.78, 5) is 8.21. The van der Waals surface area contributed by atoms with Gasteiger partial charge in [0.1, 0.15) is 18.2 Å². The van der Waals surface area contributed by atoms with Crippen molar-refractivity contribution in [2.45, 2.75) is 38.2 Å². The number of aromatic nitrogens is 2. The van der Waals surface area contributed by atoms with Crippen molar-refractivity contribution in [3.05, 3.63) is 35.7 Å². The summed E-state index contributed by atoms with van der Waals surface area (Å²) in [6.45, 7) is 7.12. The van der Waals surface area contributed by atoms with Crippen molar-refractivity contribution in [3.63, 3.8) is 0 Å². The molecule has 1 fully saturated rings. The van der Waals surface area contributed by atoms with E-state index in [1.54, 1.807) is 7.11 Å². The van der Waals surface area contributed by atoms with Gasteiger partial charge in [0.15, 0.2) is 0 Å². The highest BCUT2D eigenvalue weighted by Crippen LogP contribution is 2.47. The molecule has 1 aromatic heterocycles. The molecule has 5 heteroatoms. The number of H-pyrrole nitrogens is 1. The minimum absolute atomic E-state index is 0.0184. The lowest BCUT2D eigenvalue weighted by atomic mass is 9.64. The topological polar surface area (TPSA) is 67.4 Å². The van der Waals surface area contributed by atoms with Crippen molar-refractivity contribution in [2.75, 3.05) is 20.3 Å². The average Bonchev–Trinajstić information content (AvgIpc) is 2.87. The predicted molar refractivity (Wildman–Crippen MR) is 89.7 cm³/mol. The molecule has 3 rings (SSSR count). The van der Waals surface area contributed by atoms with Gasteiger partial charge in [0.25, 0.3) is 0 Å². The smallest absolute Gasteiger partial charge is 0.127 e. The van der Waals surface area contributed by atoms with E-state index in [1.807, 2.05) is 12.1 Å². The van der Waals surface area contributed by atoms with Crippen molar-refractivity contribution in [2.24, 2.45) is 0 Å². The molecule has 0 aliphatic heterocycles. The number of hydrogen-bond acceptors (Lipinski definition) is 4. The van der Waals surface area contributed by atoms with Crippen LogP contribution < -0.4 is 4.74 Å². The van der Waals surface area contributed by atoms with Gasteiger partial charge in [-0.05, 0) is 25.8 Å². The molecule has 1 aromatic carbocycles. The molecule has 0 radical (unpaired) electrons. The van der Waals surface area contributed by atoms with Crippen LogP contribution in [0.3, 0.4) is 0 Å². The number of fused-ring (bicyclic) bond motifs is 1. The van der Waals surface area contributed by atoms with Crippen LogP contribution in [-0.4, -0.2) is 35.4 Å². The highest BCUT2D eigenvalue weighted by atomic mass is 16.5. The van der Waals surface area contributed by atoms with E-state index in [2.05, 4.69) is 18.5 Å². The SMILES string of the molecule is C=C(C)C1(c2nc3cc(OCCOC)c(CO)cc3[nH]2)CCC1. The summed E-state index contributed by atoms with van der Waals surface area (Å²) in [5.41, 5.74) is 3.67. The highest BCUT2D eigenvalue weighted by Gasteiger charge is 2.42. The number of rotatable bonds is 7. The van der Waals surface area contributed by atoms with E-state index in [0.717, 1.165) is 40.8 Å². The van der Waals surface area contributed by atoms with Crippen LogP contribution >= 0.6 is 0 Å². The lowest BCUT2D eigenvalue weighted by Gasteiger charge is -2.40. The zero-order valence-electron chi connectivity index (χ0n) is 13.8. The first-order valence-electron chi connectivity index (χ1n) is 8.02. The summed E-state index contributed by atoms with van der Waals surface area (Å²) in [6, 6.07) is 3.81. The van der Waals surface area contributed by atoms with E-state index in [1.165, 1.54) is 6.42 Å². The van der Waals surface area contributed by atoms with E-state index in [-0.39, 0.29) is 12.0 Å². The number of ether oxygens (including phenoxy) is 2. The van der Waals surface area contributed by atoms with E-state index in [0.29, 0.717) is 19.0 Å². The maximum absolute atomic E-state index is 9.59. The van der Waals surface area contributed by atoms with Crippen LogP contribution in [-0.2, 0) is 16.8 Å². The zero-order chi connectivity index (χ0) is 16.4. The molecule has 5 nitrogen and oxygen atoms in total. The molecular weight excluding hydrogens is 292 g/mol. The fourth-order valence-corrected chi connectivity index (χ4v) is 3.20. The van der Waals surface area contributed by atoms with Gasteiger partial charge in [0, 0.05) is 24.2 Å². The third kappa shape index (κ3) is 2.75. The van der Waals surface area contributed by atoms with Gasteiger partial charge in [-0.2, -0.15) is 0 Å². The Morgan fingerprint density at radius 3 is 2.74 bits per heavy atom. The predicted octanol–water partition coefficient (Wildman–Crippen LogP) is 3.08. The van der Waals surface area contributed by atoms with Crippen LogP contribution in [0.1, 0.15) is 37.6 Å². The maximum atomic E-state index is 9.59. The standard InChI is InChI=1S/C18H24N2O3/c1-12(2)18(5-4-6-18)17-19-14-9-13(11-21)16(10-15(14)20-17)23-8-7-22-3/h9-10,21H,1,4-8,11H2,2-3H3,(H,19,20). The molecule has 1 aliphatic rings. The minimum Gasteiger partial charge on any atom is -0.491 e. The second kappa shape index (κ2) is 6.34. The molecule has 124 valence electrons. The maximum Gasteiger partial charge on any atom is 0.127 e. The number of allylic oxidation sites excluding steroid dienone is 1. The third-order valence-electron chi connectivity index (χ3n) is 4.86. The molecule has 0 unspecified atom stereocenters. The molecule has 1 heterocycles. The van der Waals surface area contributed by atoms with Crippen LogP contribution in [0.15, 0.2) is 24.3 Å². The Kier molecular flexibility index (Phi) is 4.41. The summed E-state index contributed by atoms with van der Waals surface area (Å²) in [5.74, 6) is 1.64. The Labute approximate surface area is 136 Å². The van der Waals surface area contributed by atoms with Crippen LogP contribution in [0, 0.1) is 0 Å². The number of aromatic amines is 1. The van der Waals surface area contributed by atoms with Gasteiger partial charge in [0.2, 0.25) is 0 Å². The Morgan fingerprint density at radius 1 is 1.39 bits per heavy atom. The number of benzene rings is 1.